The molecule has 0 aliphatic carbocycles. The Hall–Kier alpha value is -1.63. The maximum Gasteiger partial charge on any atom is 0.229 e. The van der Waals surface area contributed by atoms with E-state index in [1.165, 1.54) is 13.1 Å². The molecule has 1 aromatic heterocycles. The number of rotatable bonds is 1. The van der Waals surface area contributed by atoms with Gasteiger partial charge < -0.3 is 22.1 Å². The first-order chi connectivity index (χ1) is 6.22. The molecule has 0 saturated carbocycles. The van der Waals surface area contributed by atoms with Crippen LogP contribution >= 0.6 is 0 Å². The molecule has 2 heterocycles. The average Bonchev–Trinajstić information content (AvgIpc) is 2.88. The molecule has 1 aliphatic heterocycles. The number of aromatic nitrogens is 3. The zero-order valence-electron chi connectivity index (χ0n) is 7.41. The van der Waals surface area contributed by atoms with Crippen LogP contribution in [0.25, 0.3) is 0 Å². The second kappa shape index (κ2) is 4.41. The summed E-state index contributed by atoms with van der Waals surface area (Å²) < 4.78 is 0. The van der Waals surface area contributed by atoms with E-state index in [0.29, 0.717) is 5.95 Å². The molecule has 0 amide bonds. The minimum atomic E-state index is 0.122. The van der Waals surface area contributed by atoms with Crippen LogP contribution in [0.2, 0.25) is 0 Å². The minimum Gasteiger partial charge on any atom is -0.368 e. The molecule has 7 heteroatoms. The second-order valence-electron chi connectivity index (χ2n) is 2.38. The number of anilines is 3. The normalized spacial score (nSPS) is 12.7. The summed E-state index contributed by atoms with van der Waals surface area (Å²) in [5.41, 5.74) is 10.5. The lowest BCUT2D eigenvalue weighted by Gasteiger charge is -1.98. The molecule has 0 spiro atoms. The molecule has 1 aliphatic rings. The second-order valence-corrected chi connectivity index (χ2v) is 2.38. The topological polar surface area (TPSA) is 125 Å². The number of nitrogen functional groups attached to an aromatic ring is 2. The molecule has 0 aromatic carbocycles. The van der Waals surface area contributed by atoms with Crippen LogP contribution in [-0.4, -0.2) is 35.1 Å². The lowest BCUT2D eigenvalue weighted by molar-refractivity contribution is 1.07. The van der Waals surface area contributed by atoms with Gasteiger partial charge in [-0.2, -0.15) is 15.0 Å². The zero-order valence-corrected chi connectivity index (χ0v) is 7.41. The SMILES string of the molecule is C1CN1.CNc1nc(N)nc(N)n1. The fraction of sp³-hybridized carbons (Fsp3) is 0.500. The van der Waals surface area contributed by atoms with Crippen LogP contribution in [0.1, 0.15) is 0 Å². The van der Waals surface area contributed by atoms with Gasteiger partial charge in [0, 0.05) is 20.1 Å². The standard InChI is InChI=1S/C4H8N6.C2H5N/c1-7-4-9-2(5)8-3(6)10-4;1-2-3-1/h1H3,(H5,5,6,7,8,9,10);3H,1-2H2. The Labute approximate surface area is 76.0 Å². The summed E-state index contributed by atoms with van der Waals surface area (Å²) in [4.78, 5) is 11.0. The van der Waals surface area contributed by atoms with Gasteiger partial charge >= 0.3 is 0 Å². The van der Waals surface area contributed by atoms with Gasteiger partial charge in [0.25, 0.3) is 0 Å². The first-order valence-electron chi connectivity index (χ1n) is 3.88. The monoisotopic (exact) mass is 183 g/mol. The van der Waals surface area contributed by atoms with Crippen molar-refractivity contribution in [3.8, 4) is 0 Å². The maximum atomic E-state index is 5.25. The highest BCUT2D eigenvalue weighted by atomic mass is 15.2. The van der Waals surface area contributed by atoms with Crippen molar-refractivity contribution in [2.75, 3.05) is 36.9 Å². The molecule has 0 radical (unpaired) electrons. The first kappa shape index (κ1) is 9.46. The molecule has 1 aromatic rings. The van der Waals surface area contributed by atoms with E-state index in [9.17, 15) is 0 Å². The van der Waals surface area contributed by atoms with E-state index in [4.69, 9.17) is 11.5 Å². The third-order valence-corrected chi connectivity index (χ3v) is 1.14. The van der Waals surface area contributed by atoms with Crippen LogP contribution in [0.3, 0.4) is 0 Å². The van der Waals surface area contributed by atoms with Crippen LogP contribution in [0, 0.1) is 0 Å². The van der Waals surface area contributed by atoms with Gasteiger partial charge in [-0.1, -0.05) is 0 Å². The molecule has 0 atom stereocenters. The Morgan fingerprint density at radius 3 is 1.92 bits per heavy atom. The molecular formula is C6H13N7. The summed E-state index contributed by atoms with van der Waals surface area (Å²) in [7, 11) is 1.67. The number of nitrogens with one attached hydrogen (secondary N) is 2. The van der Waals surface area contributed by atoms with E-state index in [1.54, 1.807) is 7.05 Å². The molecule has 1 saturated heterocycles. The molecule has 0 unspecified atom stereocenters. The Morgan fingerprint density at radius 1 is 1.15 bits per heavy atom. The predicted octanol–water partition coefficient (Wildman–Crippen LogP) is -1.33. The van der Waals surface area contributed by atoms with Gasteiger partial charge in [-0.3, -0.25) is 0 Å². The Morgan fingerprint density at radius 2 is 1.62 bits per heavy atom. The van der Waals surface area contributed by atoms with Crippen LogP contribution in [0.15, 0.2) is 0 Å². The van der Waals surface area contributed by atoms with Crippen molar-refractivity contribution >= 4 is 17.8 Å². The van der Waals surface area contributed by atoms with E-state index in [1.807, 2.05) is 0 Å². The van der Waals surface area contributed by atoms with Gasteiger partial charge in [0.1, 0.15) is 0 Å². The molecule has 7 nitrogen and oxygen atoms in total. The first-order valence-corrected chi connectivity index (χ1v) is 3.88. The largest absolute Gasteiger partial charge is 0.368 e. The zero-order chi connectivity index (χ0) is 9.68. The summed E-state index contributed by atoms with van der Waals surface area (Å²) in [5.74, 6) is 0.624. The van der Waals surface area contributed by atoms with Gasteiger partial charge in [-0.15, -0.1) is 0 Å². The molecule has 0 bridgehead atoms. The Kier molecular flexibility index (Phi) is 3.21. The van der Waals surface area contributed by atoms with E-state index in [0.717, 1.165) is 0 Å². The summed E-state index contributed by atoms with van der Waals surface area (Å²) in [6, 6.07) is 0. The average molecular weight is 183 g/mol. The van der Waals surface area contributed by atoms with Crippen LogP contribution in [0.5, 0.6) is 0 Å². The summed E-state index contributed by atoms with van der Waals surface area (Å²) in [6.07, 6.45) is 0. The van der Waals surface area contributed by atoms with Gasteiger partial charge in [0.2, 0.25) is 17.8 Å². The molecule has 2 rings (SSSR count). The molecule has 72 valence electrons. The smallest absolute Gasteiger partial charge is 0.229 e. The highest BCUT2D eigenvalue weighted by Gasteiger charge is 1.96. The maximum absolute atomic E-state index is 5.25. The van der Waals surface area contributed by atoms with Crippen LogP contribution in [-0.2, 0) is 0 Å². The summed E-state index contributed by atoms with van der Waals surface area (Å²) in [6.45, 7) is 2.50. The predicted molar refractivity (Wildman–Crippen MR) is 51.1 cm³/mol. The van der Waals surface area contributed by atoms with Gasteiger partial charge in [-0.05, 0) is 0 Å². The van der Waals surface area contributed by atoms with Crippen molar-refractivity contribution in [1.29, 1.82) is 0 Å². The van der Waals surface area contributed by atoms with E-state index < -0.39 is 0 Å². The third kappa shape index (κ3) is 4.06. The quantitative estimate of drug-likeness (QED) is 0.397. The highest BCUT2D eigenvalue weighted by molar-refractivity contribution is 5.36. The molecular weight excluding hydrogens is 170 g/mol. The molecule has 13 heavy (non-hydrogen) atoms. The fourth-order valence-electron chi connectivity index (χ4n) is 0.521. The van der Waals surface area contributed by atoms with Crippen molar-refractivity contribution in [1.82, 2.24) is 20.3 Å². The summed E-state index contributed by atoms with van der Waals surface area (Å²) in [5, 5.41) is 5.69. The van der Waals surface area contributed by atoms with Crippen LogP contribution in [0.4, 0.5) is 17.8 Å². The number of nitrogens with two attached hydrogens (primary N) is 2. The highest BCUT2D eigenvalue weighted by Crippen LogP contribution is 2.00. The van der Waals surface area contributed by atoms with Crippen molar-refractivity contribution < 1.29 is 0 Å². The van der Waals surface area contributed by atoms with Gasteiger partial charge in [0.05, 0.1) is 0 Å². The number of hydrogen-bond acceptors (Lipinski definition) is 7. The van der Waals surface area contributed by atoms with Crippen molar-refractivity contribution in [2.45, 2.75) is 0 Å². The Bertz CT molecular complexity index is 249. The minimum absolute atomic E-state index is 0.122. The fourth-order valence-corrected chi connectivity index (χ4v) is 0.521. The molecule has 1 fully saturated rings. The van der Waals surface area contributed by atoms with Crippen LogP contribution < -0.4 is 22.1 Å². The van der Waals surface area contributed by atoms with E-state index in [-0.39, 0.29) is 11.9 Å². The Balaban J connectivity index is 0.000000236. The lowest BCUT2D eigenvalue weighted by atomic mass is 10.8. The number of nitrogens with zero attached hydrogens (tertiary/aromatic N) is 3. The van der Waals surface area contributed by atoms with E-state index >= 15 is 0 Å². The van der Waals surface area contributed by atoms with E-state index in [2.05, 4.69) is 25.6 Å². The number of hydrogen-bond donors (Lipinski definition) is 4. The van der Waals surface area contributed by atoms with Gasteiger partial charge in [-0.25, -0.2) is 0 Å². The van der Waals surface area contributed by atoms with Crippen molar-refractivity contribution in [3.63, 3.8) is 0 Å². The lowest BCUT2D eigenvalue weighted by Crippen LogP contribution is -2.06. The van der Waals surface area contributed by atoms with Crippen molar-refractivity contribution in [2.24, 2.45) is 0 Å². The van der Waals surface area contributed by atoms with Gasteiger partial charge in [0.15, 0.2) is 0 Å². The summed E-state index contributed by atoms with van der Waals surface area (Å²) >= 11 is 0. The molecule has 6 N–H and O–H groups in total. The van der Waals surface area contributed by atoms with Crippen molar-refractivity contribution in [3.05, 3.63) is 0 Å². The third-order valence-electron chi connectivity index (χ3n) is 1.14.